The molecule has 7 nitrogen and oxygen atoms in total. The molecule has 0 amide bonds. The number of para-hydroxylation sites is 1. The standard InChI is InChI=1S/C22H21N3O4/c1-12-19(15-11-23-16-8-6-5-7-14(15)16)25-20(22(26)24-12)13-9-17(27-2)21(29-4)18(10-13)28-3/h5-11,23H,1-4H3,(H,24,26). The fourth-order valence-electron chi connectivity index (χ4n) is 3.48. The molecule has 2 aromatic heterocycles. The number of aromatic amines is 2. The van der Waals surface area contributed by atoms with Crippen molar-refractivity contribution < 1.29 is 14.2 Å². The number of hydrogen-bond donors (Lipinski definition) is 2. The summed E-state index contributed by atoms with van der Waals surface area (Å²) in [6, 6.07) is 11.4. The lowest BCUT2D eigenvalue weighted by Gasteiger charge is -2.14. The predicted molar refractivity (Wildman–Crippen MR) is 112 cm³/mol. The number of nitrogens with one attached hydrogen (secondary N) is 2. The molecular weight excluding hydrogens is 370 g/mol. The van der Waals surface area contributed by atoms with Gasteiger partial charge in [0.15, 0.2) is 11.5 Å². The van der Waals surface area contributed by atoms with Crippen molar-refractivity contribution in [1.29, 1.82) is 0 Å². The van der Waals surface area contributed by atoms with Gasteiger partial charge in [0, 0.05) is 33.9 Å². The molecule has 0 aliphatic heterocycles. The molecule has 0 atom stereocenters. The Kier molecular flexibility index (Phi) is 4.72. The van der Waals surface area contributed by atoms with Crippen LogP contribution in [0.25, 0.3) is 33.4 Å². The van der Waals surface area contributed by atoms with E-state index in [9.17, 15) is 4.79 Å². The number of benzene rings is 2. The molecule has 2 aromatic carbocycles. The predicted octanol–water partition coefficient (Wildman–Crippen LogP) is 3.92. The Bertz CT molecular complexity index is 1230. The van der Waals surface area contributed by atoms with Crippen LogP contribution in [-0.4, -0.2) is 36.3 Å². The first-order chi connectivity index (χ1) is 14.1. The first-order valence-corrected chi connectivity index (χ1v) is 9.05. The molecule has 29 heavy (non-hydrogen) atoms. The van der Waals surface area contributed by atoms with Crippen LogP contribution in [0.2, 0.25) is 0 Å². The molecule has 4 aromatic rings. The zero-order chi connectivity index (χ0) is 20.5. The van der Waals surface area contributed by atoms with E-state index in [4.69, 9.17) is 19.2 Å². The Morgan fingerprint density at radius 3 is 2.28 bits per heavy atom. The molecule has 0 aliphatic rings. The molecule has 0 saturated carbocycles. The largest absolute Gasteiger partial charge is 0.493 e. The Labute approximate surface area is 167 Å². The minimum atomic E-state index is -0.291. The van der Waals surface area contributed by atoms with Gasteiger partial charge in [-0.25, -0.2) is 4.98 Å². The third kappa shape index (κ3) is 3.10. The van der Waals surface area contributed by atoms with Crippen LogP contribution < -0.4 is 19.8 Å². The van der Waals surface area contributed by atoms with Gasteiger partial charge in [-0.1, -0.05) is 18.2 Å². The smallest absolute Gasteiger partial charge is 0.274 e. The first kappa shape index (κ1) is 18.6. The normalized spacial score (nSPS) is 10.9. The minimum absolute atomic E-state index is 0.273. The second-order valence-corrected chi connectivity index (χ2v) is 6.55. The lowest BCUT2D eigenvalue weighted by molar-refractivity contribution is 0.324. The van der Waals surface area contributed by atoms with E-state index >= 15 is 0 Å². The topological polar surface area (TPSA) is 89.2 Å². The summed E-state index contributed by atoms with van der Waals surface area (Å²) in [5, 5.41) is 1.03. The van der Waals surface area contributed by atoms with E-state index in [0.29, 0.717) is 34.2 Å². The molecule has 4 rings (SSSR count). The fourth-order valence-corrected chi connectivity index (χ4v) is 3.48. The molecule has 0 saturated heterocycles. The monoisotopic (exact) mass is 391 g/mol. The highest BCUT2D eigenvalue weighted by Gasteiger charge is 2.19. The van der Waals surface area contributed by atoms with Crippen molar-refractivity contribution in [2.24, 2.45) is 0 Å². The summed E-state index contributed by atoms with van der Waals surface area (Å²) in [6.45, 7) is 1.84. The molecule has 0 unspecified atom stereocenters. The number of aryl methyl sites for hydroxylation is 1. The van der Waals surface area contributed by atoms with E-state index < -0.39 is 0 Å². The van der Waals surface area contributed by atoms with Crippen LogP contribution in [0.15, 0.2) is 47.4 Å². The first-order valence-electron chi connectivity index (χ1n) is 9.05. The summed E-state index contributed by atoms with van der Waals surface area (Å²) in [5.74, 6) is 1.37. The number of aromatic nitrogens is 3. The van der Waals surface area contributed by atoms with Crippen LogP contribution >= 0.6 is 0 Å². The third-order valence-electron chi connectivity index (χ3n) is 4.88. The van der Waals surface area contributed by atoms with Crippen molar-refractivity contribution in [2.45, 2.75) is 6.92 Å². The molecular formula is C22H21N3O4. The fraction of sp³-hybridized carbons (Fsp3) is 0.182. The molecule has 0 fully saturated rings. The molecule has 0 bridgehead atoms. The van der Waals surface area contributed by atoms with Crippen molar-refractivity contribution in [3.05, 3.63) is 58.6 Å². The number of H-pyrrole nitrogens is 2. The number of nitrogens with zero attached hydrogens (tertiary/aromatic N) is 1. The van der Waals surface area contributed by atoms with Crippen molar-refractivity contribution >= 4 is 10.9 Å². The van der Waals surface area contributed by atoms with Gasteiger partial charge in [-0.05, 0) is 25.1 Å². The SMILES string of the molecule is COc1cc(-c2nc(-c3c[nH]c4ccccc34)c(C)[nH]c2=O)cc(OC)c1OC. The maximum Gasteiger partial charge on any atom is 0.274 e. The highest BCUT2D eigenvalue weighted by atomic mass is 16.5. The van der Waals surface area contributed by atoms with Gasteiger partial charge in [0.1, 0.15) is 5.69 Å². The number of fused-ring (bicyclic) bond motifs is 1. The number of ether oxygens (including phenoxy) is 3. The summed E-state index contributed by atoms with van der Waals surface area (Å²) in [7, 11) is 4.60. The number of hydrogen-bond acceptors (Lipinski definition) is 5. The highest BCUT2D eigenvalue weighted by Crippen LogP contribution is 2.40. The average molecular weight is 391 g/mol. The maximum atomic E-state index is 12.7. The Morgan fingerprint density at radius 2 is 1.62 bits per heavy atom. The van der Waals surface area contributed by atoms with E-state index in [-0.39, 0.29) is 11.3 Å². The van der Waals surface area contributed by atoms with Crippen molar-refractivity contribution in [2.75, 3.05) is 21.3 Å². The van der Waals surface area contributed by atoms with Crippen LogP contribution in [0.5, 0.6) is 17.2 Å². The summed E-state index contributed by atoms with van der Waals surface area (Å²) < 4.78 is 16.2. The molecule has 0 aliphatic carbocycles. The van der Waals surface area contributed by atoms with E-state index in [1.807, 2.05) is 37.4 Å². The third-order valence-corrected chi connectivity index (χ3v) is 4.88. The lowest BCUT2D eigenvalue weighted by Crippen LogP contribution is -2.14. The molecule has 7 heteroatoms. The number of methoxy groups -OCH3 is 3. The van der Waals surface area contributed by atoms with Crippen LogP contribution in [-0.2, 0) is 0 Å². The van der Waals surface area contributed by atoms with E-state index in [1.54, 1.807) is 12.1 Å². The second kappa shape index (κ2) is 7.35. The molecule has 0 spiro atoms. The van der Waals surface area contributed by atoms with E-state index in [0.717, 1.165) is 16.5 Å². The lowest BCUT2D eigenvalue weighted by atomic mass is 10.1. The molecule has 148 valence electrons. The van der Waals surface area contributed by atoms with Gasteiger partial charge >= 0.3 is 0 Å². The number of rotatable bonds is 5. The Balaban J connectivity index is 1.95. The van der Waals surface area contributed by atoms with Crippen molar-refractivity contribution in [1.82, 2.24) is 15.0 Å². The van der Waals surface area contributed by atoms with Gasteiger partial charge < -0.3 is 24.2 Å². The molecule has 2 heterocycles. The quantitative estimate of drug-likeness (QED) is 0.538. The van der Waals surface area contributed by atoms with E-state index in [1.165, 1.54) is 21.3 Å². The molecule has 2 N–H and O–H groups in total. The van der Waals surface area contributed by atoms with Crippen LogP contribution in [0.3, 0.4) is 0 Å². The summed E-state index contributed by atoms with van der Waals surface area (Å²) in [6.07, 6.45) is 1.90. The van der Waals surface area contributed by atoms with Crippen LogP contribution in [0, 0.1) is 6.92 Å². The summed E-state index contributed by atoms with van der Waals surface area (Å²) >= 11 is 0. The van der Waals surface area contributed by atoms with Gasteiger partial charge in [-0.3, -0.25) is 4.79 Å². The van der Waals surface area contributed by atoms with E-state index in [2.05, 4.69) is 9.97 Å². The van der Waals surface area contributed by atoms with Gasteiger partial charge in [-0.2, -0.15) is 0 Å². The summed E-state index contributed by atoms with van der Waals surface area (Å²) in [4.78, 5) is 23.6. The van der Waals surface area contributed by atoms with Crippen LogP contribution in [0.4, 0.5) is 0 Å². The van der Waals surface area contributed by atoms with Gasteiger partial charge in [0.05, 0.1) is 27.0 Å². The maximum absolute atomic E-state index is 12.7. The molecule has 0 radical (unpaired) electrons. The zero-order valence-electron chi connectivity index (χ0n) is 16.6. The van der Waals surface area contributed by atoms with Crippen LogP contribution in [0.1, 0.15) is 5.69 Å². The zero-order valence-corrected chi connectivity index (χ0v) is 16.6. The minimum Gasteiger partial charge on any atom is -0.493 e. The average Bonchev–Trinajstić information content (AvgIpc) is 3.16. The van der Waals surface area contributed by atoms with Gasteiger partial charge in [-0.15, -0.1) is 0 Å². The Hall–Kier alpha value is -3.74. The summed E-state index contributed by atoms with van der Waals surface area (Å²) in [5.41, 5.74) is 3.87. The van der Waals surface area contributed by atoms with Crippen molar-refractivity contribution in [3.63, 3.8) is 0 Å². The second-order valence-electron chi connectivity index (χ2n) is 6.55. The Morgan fingerprint density at radius 1 is 0.931 bits per heavy atom. The van der Waals surface area contributed by atoms with Gasteiger partial charge in [0.2, 0.25) is 5.75 Å². The van der Waals surface area contributed by atoms with Crippen molar-refractivity contribution in [3.8, 4) is 39.8 Å². The van der Waals surface area contributed by atoms with Gasteiger partial charge in [0.25, 0.3) is 5.56 Å². The highest BCUT2D eigenvalue weighted by molar-refractivity contribution is 5.95.